The highest BCUT2D eigenvalue weighted by Crippen LogP contribution is 2.26. The topological polar surface area (TPSA) is 84.5 Å². The molecule has 0 fully saturated rings. The normalized spacial score (nSPS) is 17.8. The van der Waals surface area contributed by atoms with Gasteiger partial charge in [0.05, 0.1) is 18.6 Å². The molecule has 22 heavy (non-hydrogen) atoms. The number of halogens is 1. The fourth-order valence-electron chi connectivity index (χ4n) is 2.30. The minimum atomic E-state index is -0.903. The second kappa shape index (κ2) is 6.62. The largest absolute Gasteiger partial charge is 0.466 e. The second-order valence-corrected chi connectivity index (χ2v) is 5.27. The van der Waals surface area contributed by atoms with Crippen molar-refractivity contribution >= 4 is 35.1 Å². The van der Waals surface area contributed by atoms with Crippen molar-refractivity contribution in [1.82, 2.24) is 5.32 Å². The van der Waals surface area contributed by atoms with E-state index < -0.39 is 17.8 Å². The maximum absolute atomic E-state index is 12.4. The summed E-state index contributed by atoms with van der Waals surface area (Å²) in [5.74, 6) is -2.32. The predicted molar refractivity (Wildman–Crippen MR) is 81.0 cm³/mol. The lowest BCUT2D eigenvalue weighted by Gasteiger charge is -2.25. The Morgan fingerprint density at radius 3 is 2.77 bits per heavy atom. The third kappa shape index (κ3) is 3.46. The van der Waals surface area contributed by atoms with Crippen LogP contribution in [0.3, 0.4) is 0 Å². The molecule has 1 aromatic rings. The Balaban J connectivity index is 2.27. The van der Waals surface area contributed by atoms with E-state index in [2.05, 4.69) is 10.6 Å². The molecule has 0 unspecified atom stereocenters. The molecular formula is C15H15ClN2O4. The molecule has 116 valence electrons. The summed E-state index contributed by atoms with van der Waals surface area (Å²) in [6, 6.07) is 6.61. The summed E-state index contributed by atoms with van der Waals surface area (Å²) in [6.45, 7) is 1.56. The molecule has 0 aromatic heterocycles. The zero-order valence-electron chi connectivity index (χ0n) is 12.1. The van der Waals surface area contributed by atoms with Crippen LogP contribution in [0.15, 0.2) is 35.5 Å². The van der Waals surface area contributed by atoms with Crippen molar-refractivity contribution in [3.63, 3.8) is 0 Å². The molecule has 2 rings (SSSR count). The number of ether oxygens (including phenoxy) is 1. The summed E-state index contributed by atoms with van der Waals surface area (Å²) in [4.78, 5) is 36.0. The van der Waals surface area contributed by atoms with Crippen LogP contribution in [0.2, 0.25) is 5.02 Å². The van der Waals surface area contributed by atoms with Crippen molar-refractivity contribution < 1.29 is 19.1 Å². The van der Waals surface area contributed by atoms with E-state index in [-0.39, 0.29) is 17.9 Å². The molecule has 0 bridgehead atoms. The monoisotopic (exact) mass is 322 g/mol. The average molecular weight is 323 g/mol. The van der Waals surface area contributed by atoms with Gasteiger partial charge in [-0.1, -0.05) is 17.7 Å². The molecule has 1 aromatic carbocycles. The first-order chi connectivity index (χ1) is 10.4. The van der Waals surface area contributed by atoms with Gasteiger partial charge in [-0.05, 0) is 25.1 Å². The van der Waals surface area contributed by atoms with Gasteiger partial charge in [0.15, 0.2) is 0 Å². The molecule has 0 saturated carbocycles. The lowest BCUT2D eigenvalue weighted by atomic mass is 9.89. The molecule has 7 heteroatoms. The summed E-state index contributed by atoms with van der Waals surface area (Å²) in [6.07, 6.45) is -0.117. The van der Waals surface area contributed by atoms with Gasteiger partial charge >= 0.3 is 5.97 Å². The van der Waals surface area contributed by atoms with Crippen molar-refractivity contribution in [3.05, 3.63) is 40.6 Å². The van der Waals surface area contributed by atoms with Gasteiger partial charge in [0, 0.05) is 22.8 Å². The van der Waals surface area contributed by atoms with Crippen molar-refractivity contribution in [2.45, 2.75) is 13.3 Å². The second-order valence-electron chi connectivity index (χ2n) is 4.83. The number of carbonyl (C=O) groups is 3. The van der Waals surface area contributed by atoms with Gasteiger partial charge in [0.1, 0.15) is 0 Å². The van der Waals surface area contributed by atoms with Gasteiger partial charge < -0.3 is 15.4 Å². The SMILES string of the molecule is COC(=O)C1=C(C)NC(=O)C[C@@H]1C(=O)Nc1cccc(Cl)c1. The molecule has 6 nitrogen and oxygen atoms in total. The summed E-state index contributed by atoms with van der Waals surface area (Å²) in [5, 5.41) is 5.67. The molecule has 2 N–H and O–H groups in total. The lowest BCUT2D eigenvalue weighted by molar-refractivity contribution is -0.139. The number of anilines is 1. The van der Waals surface area contributed by atoms with Gasteiger partial charge in [0.25, 0.3) is 0 Å². The minimum absolute atomic E-state index is 0.117. The average Bonchev–Trinajstić information content (AvgIpc) is 2.45. The molecular weight excluding hydrogens is 308 g/mol. The number of hydrogen-bond donors (Lipinski definition) is 2. The first kappa shape index (κ1) is 16.0. The molecule has 0 spiro atoms. The highest BCUT2D eigenvalue weighted by Gasteiger charge is 2.36. The van der Waals surface area contributed by atoms with E-state index in [4.69, 9.17) is 16.3 Å². The van der Waals surface area contributed by atoms with E-state index in [1.807, 2.05) is 0 Å². The fraction of sp³-hybridized carbons (Fsp3) is 0.267. The van der Waals surface area contributed by atoms with Crippen molar-refractivity contribution in [1.29, 1.82) is 0 Å². The van der Waals surface area contributed by atoms with Crippen LogP contribution >= 0.6 is 11.6 Å². The van der Waals surface area contributed by atoms with E-state index in [9.17, 15) is 14.4 Å². The van der Waals surface area contributed by atoms with Crippen molar-refractivity contribution in [3.8, 4) is 0 Å². The highest BCUT2D eigenvalue weighted by molar-refractivity contribution is 6.30. The van der Waals surface area contributed by atoms with Crippen LogP contribution < -0.4 is 10.6 Å². The Kier molecular flexibility index (Phi) is 4.82. The first-order valence-electron chi connectivity index (χ1n) is 6.57. The van der Waals surface area contributed by atoms with Crippen LogP contribution in [0.5, 0.6) is 0 Å². The van der Waals surface area contributed by atoms with Crippen LogP contribution in [0, 0.1) is 5.92 Å². The number of benzene rings is 1. The molecule has 1 atom stereocenters. The number of rotatable bonds is 3. The number of amides is 2. The Hall–Kier alpha value is -2.34. The maximum Gasteiger partial charge on any atom is 0.336 e. The number of nitrogens with one attached hydrogen (secondary N) is 2. The van der Waals surface area contributed by atoms with E-state index in [1.54, 1.807) is 31.2 Å². The smallest absolute Gasteiger partial charge is 0.336 e. The van der Waals surface area contributed by atoms with Crippen LogP contribution in [-0.4, -0.2) is 24.9 Å². The number of carbonyl (C=O) groups excluding carboxylic acids is 3. The Bertz CT molecular complexity index is 669. The zero-order chi connectivity index (χ0) is 16.3. The number of esters is 1. The van der Waals surface area contributed by atoms with Crippen LogP contribution in [0.4, 0.5) is 5.69 Å². The van der Waals surface area contributed by atoms with Crippen molar-refractivity contribution in [2.24, 2.45) is 5.92 Å². The third-order valence-corrected chi connectivity index (χ3v) is 3.52. The van der Waals surface area contributed by atoms with Crippen LogP contribution in [0.25, 0.3) is 0 Å². The summed E-state index contributed by atoms with van der Waals surface area (Å²) in [5.41, 5.74) is 0.973. The zero-order valence-corrected chi connectivity index (χ0v) is 12.9. The lowest BCUT2D eigenvalue weighted by Crippen LogP contribution is -2.40. The fourth-order valence-corrected chi connectivity index (χ4v) is 2.49. The third-order valence-electron chi connectivity index (χ3n) is 3.28. The van der Waals surface area contributed by atoms with E-state index >= 15 is 0 Å². The molecule has 1 aliphatic rings. The Labute approximate surface area is 132 Å². The maximum atomic E-state index is 12.4. The molecule has 0 saturated heterocycles. The molecule has 1 heterocycles. The summed E-state index contributed by atoms with van der Waals surface area (Å²) in [7, 11) is 1.23. The first-order valence-corrected chi connectivity index (χ1v) is 6.95. The Morgan fingerprint density at radius 2 is 2.14 bits per heavy atom. The summed E-state index contributed by atoms with van der Waals surface area (Å²) >= 11 is 5.86. The minimum Gasteiger partial charge on any atom is -0.466 e. The van der Waals surface area contributed by atoms with E-state index in [0.29, 0.717) is 16.4 Å². The van der Waals surface area contributed by atoms with Gasteiger partial charge in [0.2, 0.25) is 11.8 Å². The standard InChI is InChI=1S/C15H15ClN2O4/c1-8-13(15(21)22-2)11(7-12(19)17-8)14(20)18-10-5-3-4-9(16)6-10/h3-6,11H,7H2,1-2H3,(H,17,19)(H,18,20)/t11-/m0/s1. The number of methoxy groups -OCH3 is 1. The van der Waals surface area contributed by atoms with Gasteiger partial charge in [-0.2, -0.15) is 0 Å². The predicted octanol–water partition coefficient (Wildman–Crippen LogP) is 1.86. The quantitative estimate of drug-likeness (QED) is 0.832. The van der Waals surface area contributed by atoms with Gasteiger partial charge in [-0.15, -0.1) is 0 Å². The molecule has 1 aliphatic heterocycles. The van der Waals surface area contributed by atoms with Crippen molar-refractivity contribution in [2.75, 3.05) is 12.4 Å². The molecule has 0 radical (unpaired) electrons. The van der Waals surface area contributed by atoms with Crippen LogP contribution in [0.1, 0.15) is 13.3 Å². The molecule has 0 aliphatic carbocycles. The molecule has 2 amide bonds. The Morgan fingerprint density at radius 1 is 1.41 bits per heavy atom. The van der Waals surface area contributed by atoms with Crippen LogP contribution in [-0.2, 0) is 19.1 Å². The van der Waals surface area contributed by atoms with Gasteiger partial charge in [-0.25, -0.2) is 4.79 Å². The number of allylic oxidation sites excluding steroid dienone is 1. The van der Waals surface area contributed by atoms with E-state index in [1.165, 1.54) is 7.11 Å². The van der Waals surface area contributed by atoms with Gasteiger partial charge in [-0.3, -0.25) is 9.59 Å². The van der Waals surface area contributed by atoms with E-state index in [0.717, 1.165) is 0 Å². The number of hydrogen-bond acceptors (Lipinski definition) is 4. The highest BCUT2D eigenvalue weighted by atomic mass is 35.5. The summed E-state index contributed by atoms with van der Waals surface area (Å²) < 4.78 is 4.70.